The van der Waals surface area contributed by atoms with Crippen molar-refractivity contribution in [1.29, 1.82) is 5.26 Å². The van der Waals surface area contributed by atoms with Gasteiger partial charge in [-0.05, 0) is 48.0 Å². The van der Waals surface area contributed by atoms with Crippen LogP contribution in [0.1, 0.15) is 11.1 Å². The summed E-state index contributed by atoms with van der Waals surface area (Å²) in [6.45, 7) is 0. The summed E-state index contributed by atoms with van der Waals surface area (Å²) >= 11 is 1.48. The highest BCUT2D eigenvalue weighted by Gasteiger charge is 2.13. The second kappa shape index (κ2) is 7.44. The lowest BCUT2D eigenvalue weighted by Crippen LogP contribution is -2.21. The van der Waals surface area contributed by atoms with Gasteiger partial charge >= 0.3 is 0 Å². The number of nitrogens with zero attached hydrogens (tertiary/aromatic N) is 4. The second-order valence-electron chi connectivity index (χ2n) is 5.86. The summed E-state index contributed by atoms with van der Waals surface area (Å²) in [6, 6.07) is 20.2. The number of pyridine rings is 1. The van der Waals surface area contributed by atoms with Crippen molar-refractivity contribution in [1.82, 2.24) is 14.5 Å². The van der Waals surface area contributed by atoms with Crippen molar-refractivity contribution in [3.8, 4) is 11.8 Å². The van der Waals surface area contributed by atoms with Crippen LogP contribution in [0.3, 0.4) is 0 Å². The van der Waals surface area contributed by atoms with Gasteiger partial charge in [0.05, 0.1) is 28.2 Å². The fourth-order valence-corrected chi connectivity index (χ4v) is 3.70. The summed E-state index contributed by atoms with van der Waals surface area (Å²) in [4.78, 5) is 22.0. The molecule has 27 heavy (non-hydrogen) atoms. The summed E-state index contributed by atoms with van der Waals surface area (Å²) in [6.07, 6.45) is 3.54. The zero-order valence-electron chi connectivity index (χ0n) is 14.2. The molecule has 0 N–H and O–H groups in total. The highest BCUT2D eigenvalue weighted by atomic mass is 32.2. The number of nitriles is 1. The van der Waals surface area contributed by atoms with Crippen LogP contribution in [0.2, 0.25) is 0 Å². The van der Waals surface area contributed by atoms with E-state index >= 15 is 0 Å². The van der Waals surface area contributed by atoms with E-state index < -0.39 is 0 Å². The van der Waals surface area contributed by atoms with Gasteiger partial charge < -0.3 is 0 Å². The molecule has 6 heteroatoms. The highest BCUT2D eigenvalue weighted by molar-refractivity contribution is 7.98. The molecule has 2 heterocycles. The summed E-state index contributed by atoms with van der Waals surface area (Å²) in [5.41, 5.74) is 2.83. The first-order chi connectivity index (χ1) is 13.3. The van der Waals surface area contributed by atoms with Crippen molar-refractivity contribution in [2.24, 2.45) is 0 Å². The third-order valence-corrected chi connectivity index (χ3v) is 5.10. The van der Waals surface area contributed by atoms with Crippen LogP contribution in [0.4, 0.5) is 0 Å². The van der Waals surface area contributed by atoms with Crippen LogP contribution in [0, 0.1) is 11.3 Å². The van der Waals surface area contributed by atoms with E-state index in [-0.39, 0.29) is 5.56 Å². The average molecular weight is 370 g/mol. The Bertz CT molecular complexity index is 1200. The lowest BCUT2D eigenvalue weighted by molar-refractivity contribution is 0.819. The topological polar surface area (TPSA) is 71.6 Å². The van der Waals surface area contributed by atoms with Gasteiger partial charge in [-0.1, -0.05) is 30.0 Å². The first kappa shape index (κ1) is 17.0. The minimum Gasteiger partial charge on any atom is -0.268 e. The number of hydrogen-bond donors (Lipinski definition) is 0. The molecule has 0 aliphatic heterocycles. The predicted molar refractivity (Wildman–Crippen MR) is 106 cm³/mol. The quantitative estimate of drug-likeness (QED) is 0.402. The lowest BCUT2D eigenvalue weighted by Gasteiger charge is -2.13. The maximum absolute atomic E-state index is 13.1. The molecule has 4 rings (SSSR count). The van der Waals surface area contributed by atoms with E-state index in [1.807, 2.05) is 30.3 Å². The SMILES string of the molecule is N#Cc1ccc(-n2c(SCc3cccnc3)nc3ccccc3c2=O)cc1. The number of aromatic nitrogens is 3. The van der Waals surface area contributed by atoms with E-state index in [1.54, 1.807) is 47.3 Å². The van der Waals surface area contributed by atoms with Gasteiger partial charge in [0.2, 0.25) is 0 Å². The summed E-state index contributed by atoms with van der Waals surface area (Å²) in [7, 11) is 0. The summed E-state index contributed by atoms with van der Waals surface area (Å²) in [5, 5.41) is 10.2. The Morgan fingerprint density at radius 3 is 2.59 bits per heavy atom. The molecule has 0 unspecified atom stereocenters. The van der Waals surface area contributed by atoms with Gasteiger partial charge in [0.1, 0.15) is 0 Å². The molecular formula is C21H14N4OS. The van der Waals surface area contributed by atoms with Gasteiger partial charge in [-0.3, -0.25) is 14.3 Å². The van der Waals surface area contributed by atoms with Gasteiger partial charge in [0.25, 0.3) is 5.56 Å². The summed E-state index contributed by atoms with van der Waals surface area (Å²) < 4.78 is 1.60. The summed E-state index contributed by atoms with van der Waals surface area (Å²) in [5.74, 6) is 0.648. The molecule has 2 aromatic heterocycles. The molecule has 0 aliphatic carbocycles. The molecule has 0 aliphatic rings. The van der Waals surface area contributed by atoms with Crippen LogP contribution in [0.5, 0.6) is 0 Å². The number of hydrogen-bond acceptors (Lipinski definition) is 5. The Kier molecular flexibility index (Phi) is 4.69. The largest absolute Gasteiger partial charge is 0.268 e. The van der Waals surface area contributed by atoms with Crippen molar-refractivity contribution in [2.45, 2.75) is 10.9 Å². The van der Waals surface area contributed by atoms with Crippen LogP contribution >= 0.6 is 11.8 Å². The van der Waals surface area contributed by atoms with Crippen LogP contribution in [-0.2, 0) is 5.75 Å². The normalized spacial score (nSPS) is 10.6. The molecule has 0 amide bonds. The minimum absolute atomic E-state index is 0.126. The van der Waals surface area contributed by atoms with E-state index in [0.29, 0.717) is 33.1 Å². The van der Waals surface area contributed by atoms with Gasteiger partial charge in [-0.15, -0.1) is 0 Å². The van der Waals surface area contributed by atoms with E-state index in [9.17, 15) is 4.79 Å². The van der Waals surface area contributed by atoms with Crippen LogP contribution in [0.25, 0.3) is 16.6 Å². The molecule has 0 fully saturated rings. The molecule has 2 aromatic carbocycles. The van der Waals surface area contributed by atoms with E-state index in [2.05, 4.69) is 11.1 Å². The maximum atomic E-state index is 13.1. The number of thioether (sulfide) groups is 1. The predicted octanol–water partition coefficient (Wildman–Crippen LogP) is 3.94. The van der Waals surface area contributed by atoms with Crippen LogP contribution in [-0.4, -0.2) is 14.5 Å². The zero-order valence-corrected chi connectivity index (χ0v) is 15.1. The third kappa shape index (κ3) is 3.46. The fraction of sp³-hybridized carbons (Fsp3) is 0.0476. The number of rotatable bonds is 4. The molecule has 0 bridgehead atoms. The van der Waals surface area contributed by atoms with Crippen molar-refractivity contribution in [3.63, 3.8) is 0 Å². The Balaban J connectivity index is 1.84. The van der Waals surface area contributed by atoms with Gasteiger partial charge in [0.15, 0.2) is 5.16 Å². The maximum Gasteiger partial charge on any atom is 0.266 e. The molecule has 0 radical (unpaired) electrons. The molecule has 0 atom stereocenters. The Morgan fingerprint density at radius 1 is 1.04 bits per heavy atom. The number of benzene rings is 2. The Labute approximate surface area is 160 Å². The monoisotopic (exact) mass is 370 g/mol. The first-order valence-corrected chi connectivity index (χ1v) is 9.29. The Hall–Kier alpha value is -3.43. The standard InChI is InChI=1S/C21H14N4OS/c22-12-15-7-9-17(10-8-15)25-20(26)18-5-1-2-6-19(18)24-21(25)27-14-16-4-3-11-23-13-16/h1-11,13H,14H2. The van der Waals surface area contributed by atoms with E-state index in [1.165, 1.54) is 11.8 Å². The first-order valence-electron chi connectivity index (χ1n) is 8.30. The van der Waals surface area contributed by atoms with Crippen LogP contribution < -0.4 is 5.56 Å². The van der Waals surface area contributed by atoms with Gasteiger partial charge in [0, 0.05) is 18.1 Å². The molecule has 130 valence electrons. The van der Waals surface area contributed by atoms with E-state index in [0.717, 1.165) is 5.56 Å². The zero-order chi connectivity index (χ0) is 18.6. The minimum atomic E-state index is -0.126. The van der Waals surface area contributed by atoms with Crippen molar-refractivity contribution >= 4 is 22.7 Å². The number of para-hydroxylation sites is 1. The molecule has 0 saturated heterocycles. The second-order valence-corrected chi connectivity index (χ2v) is 6.80. The van der Waals surface area contributed by atoms with Crippen molar-refractivity contribution < 1.29 is 0 Å². The van der Waals surface area contributed by atoms with Crippen LogP contribution in [0.15, 0.2) is 83.0 Å². The highest BCUT2D eigenvalue weighted by Crippen LogP contribution is 2.24. The molecule has 4 aromatic rings. The third-order valence-electron chi connectivity index (χ3n) is 4.09. The smallest absolute Gasteiger partial charge is 0.266 e. The number of fused-ring (bicyclic) bond motifs is 1. The molecule has 0 spiro atoms. The lowest BCUT2D eigenvalue weighted by atomic mass is 10.2. The Morgan fingerprint density at radius 2 is 1.85 bits per heavy atom. The van der Waals surface area contributed by atoms with Crippen molar-refractivity contribution in [3.05, 3.63) is 94.5 Å². The molecule has 0 saturated carbocycles. The van der Waals surface area contributed by atoms with Gasteiger partial charge in [-0.25, -0.2) is 4.98 Å². The van der Waals surface area contributed by atoms with Crippen molar-refractivity contribution in [2.75, 3.05) is 0 Å². The molecule has 5 nitrogen and oxygen atoms in total. The van der Waals surface area contributed by atoms with E-state index in [4.69, 9.17) is 10.2 Å². The molecular weight excluding hydrogens is 356 g/mol. The fourth-order valence-electron chi connectivity index (χ4n) is 2.75. The average Bonchev–Trinajstić information content (AvgIpc) is 2.73. The van der Waals surface area contributed by atoms with Gasteiger partial charge in [-0.2, -0.15) is 5.26 Å².